The Balaban J connectivity index is 2.32. The molecule has 0 heterocycles. The van der Waals surface area contributed by atoms with E-state index in [-0.39, 0.29) is 0 Å². The molecule has 0 aromatic heterocycles. The first kappa shape index (κ1) is 13.4. The van der Waals surface area contributed by atoms with Gasteiger partial charge in [-0.05, 0) is 36.6 Å². The molecule has 1 N–H and O–H groups in total. The normalized spacial score (nSPS) is 10.7. The Labute approximate surface area is 120 Å². The Morgan fingerprint density at radius 1 is 1.11 bits per heavy atom. The molecule has 2 aromatic rings. The summed E-state index contributed by atoms with van der Waals surface area (Å²) in [6, 6.07) is 15.3. The third-order valence-electron chi connectivity index (χ3n) is 2.68. The van der Waals surface area contributed by atoms with Gasteiger partial charge in [-0.3, -0.25) is 0 Å². The topological polar surface area (TPSA) is 32.6 Å². The van der Waals surface area contributed by atoms with Crippen LogP contribution in [0.5, 0.6) is 0 Å². The fraction of sp³-hybridized carbons (Fsp3) is 0.0625. The Morgan fingerprint density at radius 2 is 1.79 bits per heavy atom. The van der Waals surface area contributed by atoms with E-state index in [0.717, 1.165) is 21.2 Å². The quantitative estimate of drug-likeness (QED) is 0.367. The summed E-state index contributed by atoms with van der Waals surface area (Å²) in [6.07, 6.45) is 0. The summed E-state index contributed by atoms with van der Waals surface area (Å²) >= 11 is 3.36. The van der Waals surface area contributed by atoms with Crippen molar-refractivity contribution in [1.82, 2.24) is 0 Å². The minimum absolute atomic E-state index is 0.357. The maximum atomic E-state index is 9.07. The van der Waals surface area contributed by atoms with Crippen molar-refractivity contribution in [2.45, 2.75) is 6.92 Å². The average Bonchev–Trinajstić information content (AvgIpc) is 2.43. The highest BCUT2D eigenvalue weighted by atomic mass is 79.9. The van der Waals surface area contributed by atoms with E-state index < -0.39 is 0 Å². The lowest BCUT2D eigenvalue weighted by molar-refractivity contribution is 0.320. The molecule has 0 fully saturated rings. The molecule has 0 radical (unpaired) electrons. The number of hydrogen-bond donors (Lipinski definition) is 1. The second-order valence-corrected chi connectivity index (χ2v) is 4.94. The van der Waals surface area contributed by atoms with Gasteiger partial charge in [0.25, 0.3) is 0 Å². The van der Waals surface area contributed by atoms with Crippen LogP contribution < -0.4 is 0 Å². The van der Waals surface area contributed by atoms with Crippen LogP contribution in [0.1, 0.15) is 16.7 Å². The van der Waals surface area contributed by atoms with Crippen LogP contribution in [0.3, 0.4) is 0 Å². The maximum Gasteiger partial charge on any atom is 0.159 e. The lowest BCUT2D eigenvalue weighted by Crippen LogP contribution is -1.97. The van der Waals surface area contributed by atoms with Gasteiger partial charge in [-0.25, -0.2) is 0 Å². The maximum absolute atomic E-state index is 9.07. The Morgan fingerprint density at radius 3 is 2.42 bits per heavy atom. The molecule has 2 aromatic carbocycles. The van der Waals surface area contributed by atoms with E-state index in [1.165, 1.54) is 0 Å². The van der Waals surface area contributed by atoms with Gasteiger partial charge >= 0.3 is 0 Å². The van der Waals surface area contributed by atoms with Gasteiger partial charge in [-0.2, -0.15) is 0 Å². The number of hydrogen-bond acceptors (Lipinski definition) is 2. The van der Waals surface area contributed by atoms with E-state index in [1.54, 1.807) is 0 Å². The van der Waals surface area contributed by atoms with Crippen LogP contribution in [0.2, 0.25) is 0 Å². The van der Waals surface area contributed by atoms with Gasteiger partial charge < -0.3 is 5.21 Å². The fourth-order valence-corrected chi connectivity index (χ4v) is 1.87. The highest BCUT2D eigenvalue weighted by Gasteiger charge is 2.00. The van der Waals surface area contributed by atoms with Crippen LogP contribution in [-0.4, -0.2) is 10.9 Å². The van der Waals surface area contributed by atoms with E-state index in [1.807, 2.05) is 55.5 Å². The lowest BCUT2D eigenvalue weighted by Gasteiger charge is -1.98. The summed E-state index contributed by atoms with van der Waals surface area (Å²) in [7, 11) is 0. The predicted molar refractivity (Wildman–Crippen MR) is 80.5 cm³/mol. The molecule has 3 heteroatoms. The molecular formula is C16H12BrNO. The third kappa shape index (κ3) is 3.46. The van der Waals surface area contributed by atoms with E-state index in [2.05, 4.69) is 32.9 Å². The molecule has 0 unspecified atom stereocenters. The molecule has 94 valence electrons. The highest BCUT2D eigenvalue weighted by Crippen LogP contribution is 2.11. The number of benzene rings is 2. The molecule has 0 aliphatic heterocycles. The van der Waals surface area contributed by atoms with Crippen molar-refractivity contribution >= 4 is 21.6 Å². The van der Waals surface area contributed by atoms with Gasteiger partial charge in [0.05, 0.1) is 0 Å². The van der Waals surface area contributed by atoms with Gasteiger partial charge in [-0.15, -0.1) is 0 Å². The first-order valence-corrected chi connectivity index (χ1v) is 6.55. The zero-order valence-corrected chi connectivity index (χ0v) is 12.0. The highest BCUT2D eigenvalue weighted by molar-refractivity contribution is 9.10. The molecule has 0 atom stereocenters. The van der Waals surface area contributed by atoms with Crippen molar-refractivity contribution in [3.63, 3.8) is 0 Å². The Bertz CT molecular complexity index is 663. The van der Waals surface area contributed by atoms with Gasteiger partial charge in [-0.1, -0.05) is 57.3 Å². The predicted octanol–water partition coefficient (Wildman–Crippen LogP) is 3.99. The van der Waals surface area contributed by atoms with Gasteiger partial charge in [0.1, 0.15) is 0 Å². The number of aryl methyl sites for hydroxylation is 1. The number of rotatable bonds is 1. The number of oxime groups is 1. The Kier molecular flexibility index (Phi) is 4.38. The molecule has 0 bridgehead atoms. The molecule has 0 spiro atoms. The average molecular weight is 314 g/mol. The van der Waals surface area contributed by atoms with Crippen molar-refractivity contribution in [2.75, 3.05) is 0 Å². The summed E-state index contributed by atoms with van der Waals surface area (Å²) < 4.78 is 0.973. The molecule has 0 aliphatic rings. The van der Waals surface area contributed by atoms with E-state index in [9.17, 15) is 0 Å². The van der Waals surface area contributed by atoms with Crippen molar-refractivity contribution in [2.24, 2.45) is 5.16 Å². The molecule has 0 amide bonds. The first-order chi connectivity index (χ1) is 9.20. The van der Waals surface area contributed by atoms with Crippen molar-refractivity contribution in [3.8, 4) is 11.8 Å². The van der Waals surface area contributed by atoms with E-state index in [0.29, 0.717) is 5.71 Å². The van der Waals surface area contributed by atoms with Crippen molar-refractivity contribution < 1.29 is 5.21 Å². The third-order valence-corrected chi connectivity index (χ3v) is 3.21. The zero-order valence-electron chi connectivity index (χ0n) is 10.4. The summed E-state index contributed by atoms with van der Waals surface area (Å²) in [4.78, 5) is 0. The molecule has 2 rings (SSSR count). The molecule has 0 saturated heterocycles. The minimum Gasteiger partial charge on any atom is -0.410 e. The molecule has 0 aliphatic carbocycles. The van der Waals surface area contributed by atoms with Gasteiger partial charge in [0.2, 0.25) is 0 Å². The SMILES string of the molecule is Cc1ccccc1C#CC(=NO)c1ccc(Br)cc1. The summed E-state index contributed by atoms with van der Waals surface area (Å²) in [5, 5.41) is 12.3. The van der Waals surface area contributed by atoms with E-state index >= 15 is 0 Å². The largest absolute Gasteiger partial charge is 0.410 e. The summed E-state index contributed by atoms with van der Waals surface area (Å²) in [5.74, 6) is 5.92. The van der Waals surface area contributed by atoms with Crippen LogP contribution in [0.4, 0.5) is 0 Å². The van der Waals surface area contributed by atoms with Gasteiger partial charge in [0, 0.05) is 15.6 Å². The molecular weight excluding hydrogens is 302 g/mol. The second kappa shape index (κ2) is 6.21. The molecule has 19 heavy (non-hydrogen) atoms. The zero-order chi connectivity index (χ0) is 13.7. The number of halogens is 1. The minimum atomic E-state index is 0.357. The molecule has 2 nitrogen and oxygen atoms in total. The second-order valence-electron chi connectivity index (χ2n) is 4.02. The lowest BCUT2D eigenvalue weighted by atomic mass is 10.1. The first-order valence-electron chi connectivity index (χ1n) is 5.76. The van der Waals surface area contributed by atoms with Crippen molar-refractivity contribution in [1.29, 1.82) is 0 Å². The molecule has 0 saturated carbocycles. The summed E-state index contributed by atoms with van der Waals surface area (Å²) in [6.45, 7) is 2.00. The smallest absolute Gasteiger partial charge is 0.159 e. The van der Waals surface area contributed by atoms with Crippen LogP contribution in [0.25, 0.3) is 0 Å². The van der Waals surface area contributed by atoms with Crippen molar-refractivity contribution in [3.05, 3.63) is 69.7 Å². The monoisotopic (exact) mass is 313 g/mol. The number of nitrogens with zero attached hydrogens (tertiary/aromatic N) is 1. The van der Waals surface area contributed by atoms with Crippen LogP contribution in [0, 0.1) is 18.8 Å². The Hall–Kier alpha value is -2.05. The van der Waals surface area contributed by atoms with Crippen LogP contribution in [-0.2, 0) is 0 Å². The fourth-order valence-electron chi connectivity index (χ4n) is 1.60. The van der Waals surface area contributed by atoms with Crippen LogP contribution in [0.15, 0.2) is 58.2 Å². The van der Waals surface area contributed by atoms with Crippen LogP contribution >= 0.6 is 15.9 Å². The van der Waals surface area contributed by atoms with E-state index in [4.69, 9.17) is 5.21 Å². The summed E-state index contributed by atoms with van der Waals surface area (Å²) in [5.41, 5.74) is 3.17. The standard InChI is InChI=1S/C16H12BrNO/c1-12-4-2-3-5-13(12)8-11-16(18-19)14-6-9-15(17)10-7-14/h2-7,9-10,19H,1H3. The van der Waals surface area contributed by atoms with Gasteiger partial charge in [0.15, 0.2) is 5.71 Å².